The molecule has 8 heteroatoms. The van der Waals surface area contributed by atoms with Gasteiger partial charge < -0.3 is 4.74 Å². The van der Waals surface area contributed by atoms with Gasteiger partial charge in [0.1, 0.15) is 5.56 Å². The Morgan fingerprint density at radius 3 is 2.44 bits per heavy atom. The molecule has 0 aromatic carbocycles. The molecule has 0 saturated heterocycles. The topological polar surface area (TPSA) is 51.7 Å². The lowest BCUT2D eigenvalue weighted by Gasteiger charge is -2.15. The van der Waals surface area contributed by atoms with Crippen molar-refractivity contribution in [3.63, 3.8) is 0 Å². The van der Waals surface area contributed by atoms with Crippen LogP contribution in [0.4, 0.5) is 13.2 Å². The number of aromatic nitrogens is 1. The molecular formula is C10H11F3N2O3. The van der Waals surface area contributed by atoms with Crippen LogP contribution in [0.5, 0.6) is 5.88 Å². The Balaban J connectivity index is 3.23. The molecule has 1 heterocycles. The number of hydrogen-bond acceptors (Lipinski definition) is 4. The average Bonchev–Trinajstić information content (AvgIpc) is 2.35. The first-order chi connectivity index (χ1) is 8.31. The zero-order chi connectivity index (χ0) is 13.9. The molecule has 0 aliphatic rings. The van der Waals surface area contributed by atoms with Crippen molar-refractivity contribution in [2.75, 3.05) is 21.3 Å². The van der Waals surface area contributed by atoms with Gasteiger partial charge in [-0.2, -0.15) is 13.2 Å². The first-order valence-electron chi connectivity index (χ1n) is 4.74. The van der Waals surface area contributed by atoms with Gasteiger partial charge in [-0.25, -0.2) is 10.0 Å². The van der Waals surface area contributed by atoms with E-state index in [4.69, 9.17) is 0 Å². The van der Waals surface area contributed by atoms with Gasteiger partial charge in [0.25, 0.3) is 5.91 Å². The number of hydrogen-bond donors (Lipinski definition) is 0. The summed E-state index contributed by atoms with van der Waals surface area (Å²) in [6, 6.07) is 0.670. The van der Waals surface area contributed by atoms with Gasteiger partial charge >= 0.3 is 6.18 Å². The number of methoxy groups -OCH3 is 1. The normalized spacial score (nSPS) is 11.2. The molecule has 0 N–H and O–H groups in total. The number of carbonyl (C=O) groups is 1. The molecule has 0 spiro atoms. The van der Waals surface area contributed by atoms with Crippen molar-refractivity contribution >= 4 is 5.91 Å². The molecule has 1 aromatic rings. The molecule has 18 heavy (non-hydrogen) atoms. The molecule has 0 fully saturated rings. The van der Waals surface area contributed by atoms with E-state index in [-0.39, 0.29) is 5.56 Å². The molecule has 100 valence electrons. The fourth-order valence-electron chi connectivity index (χ4n) is 1.20. The van der Waals surface area contributed by atoms with E-state index < -0.39 is 23.5 Å². The summed E-state index contributed by atoms with van der Waals surface area (Å²) in [6.45, 7) is 0. The van der Waals surface area contributed by atoms with Crippen LogP contribution in [0.2, 0.25) is 0 Å². The van der Waals surface area contributed by atoms with Crippen molar-refractivity contribution < 1.29 is 27.5 Å². The molecule has 0 atom stereocenters. The molecule has 0 bridgehead atoms. The van der Waals surface area contributed by atoms with Crippen molar-refractivity contribution in [2.45, 2.75) is 6.18 Å². The molecule has 1 rings (SSSR count). The minimum absolute atomic E-state index is 0.243. The van der Waals surface area contributed by atoms with Crippen LogP contribution in [0.15, 0.2) is 12.3 Å². The summed E-state index contributed by atoms with van der Waals surface area (Å²) in [4.78, 5) is 19.7. The van der Waals surface area contributed by atoms with Crippen molar-refractivity contribution in [3.05, 3.63) is 23.4 Å². The summed E-state index contributed by atoms with van der Waals surface area (Å²) in [5.41, 5.74) is -1.35. The number of halogens is 3. The second-order valence-corrected chi connectivity index (χ2v) is 3.26. The van der Waals surface area contributed by atoms with Crippen LogP contribution in [0.25, 0.3) is 0 Å². The van der Waals surface area contributed by atoms with Crippen LogP contribution < -0.4 is 4.74 Å². The van der Waals surface area contributed by atoms with E-state index in [2.05, 4.69) is 14.6 Å². The molecule has 1 aromatic heterocycles. The Morgan fingerprint density at radius 1 is 1.39 bits per heavy atom. The van der Waals surface area contributed by atoms with Crippen molar-refractivity contribution in [3.8, 4) is 5.88 Å². The van der Waals surface area contributed by atoms with Crippen LogP contribution in [-0.2, 0) is 11.0 Å². The Morgan fingerprint density at radius 2 is 2.00 bits per heavy atom. The second-order valence-electron chi connectivity index (χ2n) is 3.26. The third kappa shape index (κ3) is 2.89. The lowest BCUT2D eigenvalue weighted by molar-refractivity contribution is -0.139. The molecular weight excluding hydrogens is 253 g/mol. The van der Waals surface area contributed by atoms with Gasteiger partial charge in [-0.15, -0.1) is 0 Å². The molecule has 0 radical (unpaired) electrons. The Kier molecular flexibility index (Phi) is 4.12. The first kappa shape index (κ1) is 14.2. The Hall–Kier alpha value is -1.83. The number of amides is 1. The lowest BCUT2D eigenvalue weighted by Crippen LogP contribution is -2.26. The highest BCUT2D eigenvalue weighted by Gasteiger charge is 2.36. The molecule has 0 saturated carbocycles. The van der Waals surface area contributed by atoms with Crippen LogP contribution >= 0.6 is 0 Å². The number of carbonyl (C=O) groups excluding carboxylic acids is 1. The fourth-order valence-corrected chi connectivity index (χ4v) is 1.20. The standard InChI is InChI=1S/C10H11F3N2O3/c1-15(18-3)9(16)6-4-7(10(11,12)13)8(17-2)14-5-6/h4-5H,1-3H3. The van der Waals surface area contributed by atoms with Crippen molar-refractivity contribution in [2.24, 2.45) is 0 Å². The molecule has 0 unspecified atom stereocenters. The predicted octanol–water partition coefficient (Wildman–Crippen LogP) is 1.74. The van der Waals surface area contributed by atoms with Crippen molar-refractivity contribution in [1.29, 1.82) is 0 Å². The number of alkyl halides is 3. The van der Waals surface area contributed by atoms with E-state index >= 15 is 0 Å². The fraction of sp³-hybridized carbons (Fsp3) is 0.400. The summed E-state index contributed by atoms with van der Waals surface area (Å²) in [7, 11) is 3.57. The summed E-state index contributed by atoms with van der Waals surface area (Å²) in [6.07, 6.45) is -3.66. The van der Waals surface area contributed by atoms with Gasteiger partial charge in [0, 0.05) is 13.2 Å². The number of nitrogens with zero attached hydrogens (tertiary/aromatic N) is 2. The van der Waals surface area contributed by atoms with Crippen LogP contribution in [0, 0.1) is 0 Å². The molecule has 0 aliphatic carbocycles. The van der Waals surface area contributed by atoms with Crippen LogP contribution in [0.1, 0.15) is 15.9 Å². The second kappa shape index (κ2) is 5.21. The maximum absolute atomic E-state index is 12.7. The van der Waals surface area contributed by atoms with Gasteiger partial charge in [0.15, 0.2) is 0 Å². The largest absolute Gasteiger partial charge is 0.481 e. The summed E-state index contributed by atoms with van der Waals surface area (Å²) in [5.74, 6) is -1.32. The zero-order valence-electron chi connectivity index (χ0n) is 9.91. The third-order valence-electron chi connectivity index (χ3n) is 2.16. The van der Waals surface area contributed by atoms with Crippen LogP contribution in [-0.4, -0.2) is 37.2 Å². The summed E-state index contributed by atoms with van der Waals surface area (Å²) >= 11 is 0. The third-order valence-corrected chi connectivity index (χ3v) is 2.16. The van der Waals surface area contributed by atoms with E-state index in [1.54, 1.807) is 0 Å². The van der Waals surface area contributed by atoms with E-state index in [1.807, 2.05) is 0 Å². The highest BCUT2D eigenvalue weighted by Crippen LogP contribution is 2.35. The summed E-state index contributed by atoms with van der Waals surface area (Å²) in [5, 5.41) is 0.795. The maximum atomic E-state index is 12.7. The number of hydroxylamine groups is 2. The smallest absolute Gasteiger partial charge is 0.421 e. The monoisotopic (exact) mass is 264 g/mol. The quantitative estimate of drug-likeness (QED) is 0.780. The Labute approximate surface area is 101 Å². The van der Waals surface area contributed by atoms with E-state index in [9.17, 15) is 18.0 Å². The molecule has 5 nitrogen and oxygen atoms in total. The first-order valence-corrected chi connectivity index (χ1v) is 4.74. The number of pyridine rings is 1. The van der Waals surface area contributed by atoms with E-state index in [0.717, 1.165) is 18.4 Å². The van der Waals surface area contributed by atoms with Gasteiger partial charge in [-0.1, -0.05) is 0 Å². The molecule has 0 aliphatic heterocycles. The highest BCUT2D eigenvalue weighted by molar-refractivity contribution is 5.93. The zero-order valence-corrected chi connectivity index (χ0v) is 9.91. The van der Waals surface area contributed by atoms with Gasteiger partial charge in [-0.3, -0.25) is 9.63 Å². The maximum Gasteiger partial charge on any atom is 0.421 e. The minimum Gasteiger partial charge on any atom is -0.481 e. The number of rotatable bonds is 3. The lowest BCUT2D eigenvalue weighted by atomic mass is 10.2. The number of ether oxygens (including phenoxy) is 1. The van der Waals surface area contributed by atoms with E-state index in [0.29, 0.717) is 6.07 Å². The molecule has 1 amide bonds. The Bertz CT molecular complexity index is 448. The van der Waals surface area contributed by atoms with E-state index in [1.165, 1.54) is 14.2 Å². The van der Waals surface area contributed by atoms with Gasteiger partial charge in [0.05, 0.1) is 19.8 Å². The summed E-state index contributed by atoms with van der Waals surface area (Å²) < 4.78 is 42.6. The average molecular weight is 264 g/mol. The van der Waals surface area contributed by atoms with Gasteiger partial charge in [0.2, 0.25) is 5.88 Å². The van der Waals surface area contributed by atoms with Crippen LogP contribution in [0.3, 0.4) is 0 Å². The SMILES string of the molecule is COc1ncc(C(=O)N(C)OC)cc1C(F)(F)F. The predicted molar refractivity (Wildman–Crippen MR) is 54.9 cm³/mol. The van der Waals surface area contributed by atoms with Crippen molar-refractivity contribution in [1.82, 2.24) is 10.0 Å². The highest BCUT2D eigenvalue weighted by atomic mass is 19.4. The van der Waals surface area contributed by atoms with Gasteiger partial charge in [-0.05, 0) is 6.07 Å². The minimum atomic E-state index is -4.65.